The van der Waals surface area contributed by atoms with E-state index in [1.165, 1.54) is 17.4 Å². The first kappa shape index (κ1) is 17.7. The fourth-order valence-corrected chi connectivity index (χ4v) is 3.18. The molecule has 5 nitrogen and oxygen atoms in total. The van der Waals surface area contributed by atoms with Crippen molar-refractivity contribution >= 4 is 21.6 Å². The highest BCUT2D eigenvalue weighted by molar-refractivity contribution is 7.89. The molecule has 0 aliphatic carbocycles. The summed E-state index contributed by atoms with van der Waals surface area (Å²) >= 11 is 5.61. The summed E-state index contributed by atoms with van der Waals surface area (Å²) in [5, 5.41) is -0.0277. The van der Waals surface area contributed by atoms with Crippen molar-refractivity contribution in [3.8, 4) is 5.88 Å². The molecule has 0 fully saturated rings. The summed E-state index contributed by atoms with van der Waals surface area (Å²) in [4.78, 5) is 4.10. The zero-order valence-electron chi connectivity index (χ0n) is 12.9. The van der Waals surface area contributed by atoms with Gasteiger partial charge in [-0.1, -0.05) is 36.4 Å². The van der Waals surface area contributed by atoms with E-state index in [2.05, 4.69) is 4.98 Å². The number of benzene rings is 1. The Balaban J connectivity index is 2.09. The Morgan fingerprint density at radius 1 is 1.13 bits per heavy atom. The first-order valence-electron chi connectivity index (χ1n) is 7.20. The molecule has 0 atom stereocenters. The number of nitrogens with zero attached hydrogens (tertiary/aromatic N) is 2. The number of hydrogen-bond donors (Lipinski definition) is 0. The topological polar surface area (TPSA) is 59.5 Å². The minimum atomic E-state index is -3.63. The quantitative estimate of drug-likeness (QED) is 0.684. The zero-order chi connectivity index (χ0) is 16.7. The second kappa shape index (κ2) is 8.29. The van der Waals surface area contributed by atoms with E-state index in [-0.39, 0.29) is 10.9 Å². The van der Waals surface area contributed by atoms with Crippen LogP contribution in [0, 0.1) is 0 Å². The van der Waals surface area contributed by atoms with E-state index in [9.17, 15) is 8.42 Å². The van der Waals surface area contributed by atoms with Crippen LogP contribution in [0.1, 0.15) is 12.0 Å². The normalized spacial score (nSPS) is 11.6. The predicted molar refractivity (Wildman–Crippen MR) is 90.2 cm³/mol. The summed E-state index contributed by atoms with van der Waals surface area (Å²) in [5.74, 6) is 0.689. The van der Waals surface area contributed by atoms with E-state index in [1.54, 1.807) is 12.1 Å². The molecule has 0 spiro atoms. The summed E-state index contributed by atoms with van der Waals surface area (Å²) in [5.41, 5.74) is 0.988. The van der Waals surface area contributed by atoms with Crippen LogP contribution in [-0.2, 0) is 16.6 Å². The maximum absolute atomic E-state index is 12.4. The van der Waals surface area contributed by atoms with Crippen LogP contribution in [0.2, 0.25) is 0 Å². The van der Waals surface area contributed by atoms with E-state index >= 15 is 0 Å². The monoisotopic (exact) mass is 354 g/mol. The van der Waals surface area contributed by atoms with Crippen molar-refractivity contribution in [1.82, 2.24) is 9.29 Å². The molecule has 1 heterocycles. The highest BCUT2D eigenvalue weighted by Gasteiger charge is 2.22. The van der Waals surface area contributed by atoms with Gasteiger partial charge in [-0.2, -0.15) is 4.31 Å². The van der Waals surface area contributed by atoms with Crippen molar-refractivity contribution in [3.63, 3.8) is 0 Å². The molecule has 0 unspecified atom stereocenters. The molecule has 0 aliphatic heterocycles. The molecular weight excluding hydrogens is 336 g/mol. The number of rotatable bonds is 8. The van der Waals surface area contributed by atoms with Gasteiger partial charge in [-0.25, -0.2) is 13.4 Å². The lowest BCUT2D eigenvalue weighted by Gasteiger charge is -2.16. The molecule has 0 bridgehead atoms. The summed E-state index contributed by atoms with van der Waals surface area (Å²) < 4.78 is 31.7. The first-order chi connectivity index (χ1) is 11.0. The fraction of sp³-hybridized carbons (Fsp3) is 0.312. The van der Waals surface area contributed by atoms with E-state index in [0.717, 1.165) is 5.56 Å². The third kappa shape index (κ3) is 4.92. The number of hydrogen-bond acceptors (Lipinski definition) is 4. The van der Waals surface area contributed by atoms with Gasteiger partial charge in [0.25, 0.3) is 10.0 Å². The van der Waals surface area contributed by atoms with Crippen LogP contribution in [0.3, 0.4) is 0 Å². The highest BCUT2D eigenvalue weighted by Crippen LogP contribution is 2.17. The van der Waals surface area contributed by atoms with Gasteiger partial charge in [0.15, 0.2) is 5.03 Å². The van der Waals surface area contributed by atoms with E-state index in [1.807, 2.05) is 30.3 Å². The number of ether oxygens (including phenoxy) is 1. The molecule has 23 heavy (non-hydrogen) atoms. The zero-order valence-corrected chi connectivity index (χ0v) is 14.4. The average Bonchev–Trinajstić information content (AvgIpc) is 2.59. The number of halogens is 1. The first-order valence-corrected chi connectivity index (χ1v) is 9.17. The molecule has 0 radical (unpaired) electrons. The summed E-state index contributed by atoms with van der Waals surface area (Å²) in [7, 11) is -2.12. The van der Waals surface area contributed by atoms with Crippen LogP contribution in [0.5, 0.6) is 5.88 Å². The van der Waals surface area contributed by atoms with Crippen LogP contribution < -0.4 is 4.74 Å². The van der Waals surface area contributed by atoms with Crippen LogP contribution in [-0.4, -0.2) is 37.2 Å². The van der Waals surface area contributed by atoms with Gasteiger partial charge < -0.3 is 4.74 Å². The molecule has 2 aromatic rings. The molecule has 0 amide bonds. The molecule has 0 aliphatic rings. The smallest absolute Gasteiger partial charge is 0.260 e. The lowest BCUT2D eigenvalue weighted by Crippen LogP contribution is -2.28. The van der Waals surface area contributed by atoms with Crippen molar-refractivity contribution in [2.45, 2.75) is 18.1 Å². The highest BCUT2D eigenvalue weighted by atomic mass is 35.5. The molecule has 7 heteroatoms. The van der Waals surface area contributed by atoms with E-state index < -0.39 is 10.0 Å². The Hall–Kier alpha value is -1.63. The van der Waals surface area contributed by atoms with Gasteiger partial charge in [-0.15, -0.1) is 11.6 Å². The maximum atomic E-state index is 12.4. The standard InChI is InChI=1S/C16H19ClN2O3S/c1-19(12-6-11-17)23(20,21)16-10-5-9-15(18-16)22-13-14-7-3-2-4-8-14/h2-5,7-10H,6,11-13H2,1H3. The van der Waals surface area contributed by atoms with Gasteiger partial charge in [-0.3, -0.25) is 0 Å². The minimum absolute atomic E-state index is 0.0277. The lowest BCUT2D eigenvalue weighted by molar-refractivity contribution is 0.291. The molecule has 124 valence electrons. The number of pyridine rings is 1. The van der Waals surface area contributed by atoms with Gasteiger partial charge >= 0.3 is 0 Å². The van der Waals surface area contributed by atoms with Gasteiger partial charge in [0.1, 0.15) is 6.61 Å². The summed E-state index contributed by atoms with van der Waals surface area (Å²) in [6, 6.07) is 14.3. The third-order valence-corrected chi connectivity index (χ3v) is 5.24. The molecular formula is C16H19ClN2O3S. The van der Waals surface area contributed by atoms with Crippen LogP contribution in [0.15, 0.2) is 53.6 Å². The Labute approximate surface area is 141 Å². The number of sulfonamides is 1. The van der Waals surface area contributed by atoms with Gasteiger partial charge in [0.2, 0.25) is 5.88 Å². The molecule has 2 rings (SSSR count). The van der Waals surface area contributed by atoms with E-state index in [4.69, 9.17) is 16.3 Å². The Bertz CT molecular complexity index is 723. The SMILES string of the molecule is CN(CCCCl)S(=O)(=O)c1cccc(OCc2ccccc2)n1. The van der Waals surface area contributed by atoms with Crippen molar-refractivity contribution < 1.29 is 13.2 Å². The average molecular weight is 355 g/mol. The van der Waals surface area contributed by atoms with Crippen molar-refractivity contribution in [2.75, 3.05) is 19.5 Å². The van der Waals surface area contributed by atoms with Gasteiger partial charge in [0, 0.05) is 25.5 Å². The predicted octanol–water partition coefficient (Wildman–Crippen LogP) is 2.91. The van der Waals surface area contributed by atoms with Crippen molar-refractivity contribution in [2.24, 2.45) is 0 Å². The Kier molecular flexibility index (Phi) is 6.38. The third-order valence-electron chi connectivity index (χ3n) is 3.21. The minimum Gasteiger partial charge on any atom is -0.473 e. The van der Waals surface area contributed by atoms with Crippen molar-refractivity contribution in [3.05, 3.63) is 54.1 Å². The Morgan fingerprint density at radius 2 is 1.87 bits per heavy atom. The lowest BCUT2D eigenvalue weighted by atomic mass is 10.2. The van der Waals surface area contributed by atoms with Crippen LogP contribution >= 0.6 is 11.6 Å². The van der Waals surface area contributed by atoms with Gasteiger partial charge in [0.05, 0.1) is 0 Å². The summed E-state index contributed by atoms with van der Waals surface area (Å²) in [6.45, 7) is 0.683. The molecule has 1 aromatic carbocycles. The fourth-order valence-electron chi connectivity index (χ4n) is 1.91. The molecule has 0 N–H and O–H groups in total. The van der Waals surface area contributed by atoms with Crippen LogP contribution in [0.25, 0.3) is 0 Å². The number of aromatic nitrogens is 1. The van der Waals surface area contributed by atoms with Crippen molar-refractivity contribution in [1.29, 1.82) is 0 Å². The number of alkyl halides is 1. The molecule has 0 saturated heterocycles. The Morgan fingerprint density at radius 3 is 2.57 bits per heavy atom. The van der Waals surface area contributed by atoms with Crippen LogP contribution in [0.4, 0.5) is 0 Å². The van der Waals surface area contributed by atoms with Gasteiger partial charge in [-0.05, 0) is 18.1 Å². The maximum Gasteiger partial charge on any atom is 0.260 e. The largest absolute Gasteiger partial charge is 0.473 e. The second-order valence-electron chi connectivity index (χ2n) is 4.96. The summed E-state index contributed by atoms with van der Waals surface area (Å²) in [6.07, 6.45) is 0.585. The molecule has 0 saturated carbocycles. The second-order valence-corrected chi connectivity index (χ2v) is 7.33. The van der Waals surface area contributed by atoms with E-state index in [0.29, 0.717) is 25.5 Å². The molecule has 1 aromatic heterocycles.